The fourth-order valence-electron chi connectivity index (χ4n) is 2.89. The Bertz CT molecular complexity index is 430. The topological polar surface area (TPSA) is 55.5 Å². The highest BCUT2D eigenvalue weighted by Gasteiger charge is 2.19. The molecule has 1 saturated carbocycles. The van der Waals surface area contributed by atoms with Crippen molar-refractivity contribution in [1.82, 2.24) is 0 Å². The molecule has 112 valence electrons. The number of rotatable bonds is 6. The maximum Gasteiger partial charge on any atom is 0.124 e. The number of aliphatic hydroxyl groups excluding tert-OH is 1. The number of nitrogens with two attached hydrogens (primary N) is 1. The van der Waals surface area contributed by atoms with Crippen LogP contribution in [-0.4, -0.2) is 17.8 Å². The molecule has 2 unspecified atom stereocenters. The van der Waals surface area contributed by atoms with Crippen LogP contribution >= 0.6 is 0 Å². The first-order valence-corrected chi connectivity index (χ1v) is 7.42. The van der Waals surface area contributed by atoms with Crippen LogP contribution in [0.4, 0.5) is 4.39 Å². The van der Waals surface area contributed by atoms with Crippen LogP contribution in [0.3, 0.4) is 0 Å². The van der Waals surface area contributed by atoms with Crippen molar-refractivity contribution in [1.29, 1.82) is 0 Å². The Labute approximate surface area is 119 Å². The van der Waals surface area contributed by atoms with Gasteiger partial charge in [0.2, 0.25) is 0 Å². The van der Waals surface area contributed by atoms with Crippen LogP contribution in [0.2, 0.25) is 0 Å². The van der Waals surface area contributed by atoms with E-state index in [4.69, 9.17) is 10.5 Å². The lowest BCUT2D eigenvalue weighted by Crippen LogP contribution is -2.21. The molecule has 0 spiro atoms. The van der Waals surface area contributed by atoms with Crippen LogP contribution in [0.25, 0.3) is 0 Å². The van der Waals surface area contributed by atoms with E-state index in [9.17, 15) is 9.50 Å². The summed E-state index contributed by atoms with van der Waals surface area (Å²) >= 11 is 0. The first kappa shape index (κ1) is 15.3. The SMILES string of the molecule is CC(N)c1cc(F)ccc1OCC(O)CC1CCCC1. The van der Waals surface area contributed by atoms with Gasteiger partial charge in [-0.2, -0.15) is 0 Å². The Kier molecular flexibility index (Phi) is 5.38. The van der Waals surface area contributed by atoms with Crippen molar-refractivity contribution in [3.05, 3.63) is 29.6 Å². The lowest BCUT2D eigenvalue weighted by molar-refractivity contribution is 0.0849. The number of ether oxygens (including phenoxy) is 1. The number of halogens is 1. The largest absolute Gasteiger partial charge is 0.491 e. The highest BCUT2D eigenvalue weighted by Crippen LogP contribution is 2.29. The normalized spacial score (nSPS) is 19.0. The third-order valence-corrected chi connectivity index (χ3v) is 3.97. The molecule has 1 aromatic rings. The van der Waals surface area contributed by atoms with Crippen molar-refractivity contribution in [2.24, 2.45) is 11.7 Å². The smallest absolute Gasteiger partial charge is 0.124 e. The fourth-order valence-corrected chi connectivity index (χ4v) is 2.89. The summed E-state index contributed by atoms with van der Waals surface area (Å²) in [5, 5.41) is 10.0. The van der Waals surface area contributed by atoms with E-state index in [2.05, 4.69) is 0 Å². The second-order valence-electron chi connectivity index (χ2n) is 5.82. The van der Waals surface area contributed by atoms with Gasteiger partial charge in [-0.3, -0.25) is 0 Å². The maximum atomic E-state index is 13.2. The van der Waals surface area contributed by atoms with Crippen LogP contribution in [0.5, 0.6) is 5.75 Å². The average Bonchev–Trinajstić information content (AvgIpc) is 2.90. The summed E-state index contributed by atoms with van der Waals surface area (Å²) in [5.74, 6) is 0.859. The minimum Gasteiger partial charge on any atom is -0.491 e. The van der Waals surface area contributed by atoms with Crippen LogP contribution in [0, 0.1) is 11.7 Å². The van der Waals surface area contributed by atoms with Crippen LogP contribution in [0.1, 0.15) is 50.6 Å². The first-order chi connectivity index (χ1) is 9.56. The van der Waals surface area contributed by atoms with Gasteiger partial charge in [0.15, 0.2) is 0 Å². The summed E-state index contributed by atoms with van der Waals surface area (Å²) in [5.41, 5.74) is 6.45. The van der Waals surface area contributed by atoms with Gasteiger partial charge in [-0.15, -0.1) is 0 Å². The highest BCUT2D eigenvalue weighted by molar-refractivity contribution is 5.36. The fraction of sp³-hybridized carbons (Fsp3) is 0.625. The minimum atomic E-state index is -0.468. The molecule has 0 aliphatic heterocycles. The van der Waals surface area contributed by atoms with Gasteiger partial charge in [-0.05, 0) is 37.5 Å². The van der Waals surface area contributed by atoms with Gasteiger partial charge in [-0.1, -0.05) is 25.7 Å². The Hall–Kier alpha value is -1.13. The molecule has 1 aliphatic carbocycles. The minimum absolute atomic E-state index is 0.238. The van der Waals surface area contributed by atoms with E-state index < -0.39 is 6.10 Å². The van der Waals surface area contributed by atoms with E-state index in [0.29, 0.717) is 17.2 Å². The summed E-state index contributed by atoms with van der Waals surface area (Å²) < 4.78 is 18.8. The highest BCUT2D eigenvalue weighted by atomic mass is 19.1. The second kappa shape index (κ2) is 7.04. The monoisotopic (exact) mass is 281 g/mol. The van der Waals surface area contributed by atoms with Gasteiger partial charge >= 0.3 is 0 Å². The lowest BCUT2D eigenvalue weighted by Gasteiger charge is -2.18. The lowest BCUT2D eigenvalue weighted by atomic mass is 10.0. The molecule has 3 nitrogen and oxygen atoms in total. The van der Waals surface area contributed by atoms with Crippen molar-refractivity contribution in [2.75, 3.05) is 6.61 Å². The molecule has 3 N–H and O–H groups in total. The summed E-state index contributed by atoms with van der Waals surface area (Å²) in [6, 6.07) is 4.03. The summed E-state index contributed by atoms with van der Waals surface area (Å²) in [4.78, 5) is 0. The number of hydrogen-bond donors (Lipinski definition) is 2. The summed E-state index contributed by atoms with van der Waals surface area (Å²) in [6.07, 6.45) is 5.27. The second-order valence-corrected chi connectivity index (χ2v) is 5.82. The predicted octanol–water partition coefficient (Wildman–Crippen LogP) is 3.17. The third-order valence-electron chi connectivity index (χ3n) is 3.97. The van der Waals surface area contributed by atoms with Crippen LogP contribution < -0.4 is 10.5 Å². The molecular weight excluding hydrogens is 257 g/mol. The van der Waals surface area contributed by atoms with E-state index in [1.165, 1.54) is 37.8 Å². The first-order valence-electron chi connectivity index (χ1n) is 7.42. The molecule has 4 heteroatoms. The van der Waals surface area contributed by atoms with Gasteiger partial charge < -0.3 is 15.6 Å². The molecule has 0 aromatic heterocycles. The van der Waals surface area contributed by atoms with E-state index >= 15 is 0 Å². The maximum absolute atomic E-state index is 13.2. The van der Waals surface area contributed by atoms with E-state index in [1.54, 1.807) is 13.0 Å². The van der Waals surface area contributed by atoms with Crippen molar-refractivity contribution in [3.63, 3.8) is 0 Å². The number of hydrogen-bond acceptors (Lipinski definition) is 3. The number of aliphatic hydroxyl groups is 1. The molecular formula is C16H24FNO2. The summed E-state index contributed by atoms with van der Waals surface area (Å²) in [6.45, 7) is 2.03. The van der Waals surface area contributed by atoms with E-state index in [1.807, 2.05) is 0 Å². The quantitative estimate of drug-likeness (QED) is 0.842. The molecule has 0 amide bonds. The summed E-state index contributed by atoms with van der Waals surface area (Å²) in [7, 11) is 0. The Morgan fingerprint density at radius 3 is 2.75 bits per heavy atom. The van der Waals surface area contributed by atoms with Gasteiger partial charge in [0, 0.05) is 11.6 Å². The van der Waals surface area contributed by atoms with Gasteiger partial charge in [-0.25, -0.2) is 4.39 Å². The standard InChI is InChI=1S/C16H24FNO2/c1-11(18)15-9-13(17)6-7-16(15)20-10-14(19)8-12-4-2-3-5-12/h6-7,9,11-12,14,19H,2-5,8,10,18H2,1H3. The predicted molar refractivity (Wildman–Crippen MR) is 77.1 cm³/mol. The molecule has 0 bridgehead atoms. The van der Waals surface area contributed by atoms with Gasteiger partial charge in [0.05, 0.1) is 6.10 Å². The van der Waals surface area contributed by atoms with Crippen molar-refractivity contribution < 1.29 is 14.2 Å². The zero-order valence-electron chi connectivity index (χ0n) is 12.0. The van der Waals surface area contributed by atoms with Crippen molar-refractivity contribution in [3.8, 4) is 5.75 Å². The molecule has 0 radical (unpaired) electrons. The third kappa shape index (κ3) is 4.18. The van der Waals surface area contributed by atoms with E-state index in [-0.39, 0.29) is 18.5 Å². The Balaban J connectivity index is 1.89. The van der Waals surface area contributed by atoms with E-state index in [0.717, 1.165) is 6.42 Å². The molecule has 2 atom stereocenters. The number of benzene rings is 1. The Morgan fingerprint density at radius 2 is 2.10 bits per heavy atom. The van der Waals surface area contributed by atoms with Crippen molar-refractivity contribution >= 4 is 0 Å². The van der Waals surface area contributed by atoms with Gasteiger partial charge in [0.25, 0.3) is 0 Å². The molecule has 1 fully saturated rings. The average molecular weight is 281 g/mol. The van der Waals surface area contributed by atoms with Crippen molar-refractivity contribution in [2.45, 2.75) is 51.2 Å². The molecule has 1 aliphatic rings. The molecule has 0 saturated heterocycles. The van der Waals surface area contributed by atoms with Gasteiger partial charge in [0.1, 0.15) is 18.2 Å². The molecule has 2 rings (SSSR count). The van der Waals surface area contributed by atoms with Crippen LogP contribution in [0.15, 0.2) is 18.2 Å². The zero-order valence-corrected chi connectivity index (χ0v) is 12.0. The Morgan fingerprint density at radius 1 is 1.40 bits per heavy atom. The molecule has 1 aromatic carbocycles. The molecule has 20 heavy (non-hydrogen) atoms. The zero-order chi connectivity index (χ0) is 14.5. The van der Waals surface area contributed by atoms with Crippen LogP contribution in [-0.2, 0) is 0 Å². The molecule has 0 heterocycles.